The van der Waals surface area contributed by atoms with Crippen molar-refractivity contribution in [2.45, 2.75) is 32.9 Å². The minimum Gasteiger partial charge on any atom is -0.493 e. The number of amides is 1. The number of hydrogen-bond acceptors (Lipinski definition) is 5. The summed E-state index contributed by atoms with van der Waals surface area (Å²) in [6.45, 7) is 4.87. The van der Waals surface area contributed by atoms with Crippen LogP contribution in [0.3, 0.4) is 0 Å². The van der Waals surface area contributed by atoms with E-state index in [1.54, 1.807) is 14.2 Å². The Labute approximate surface area is 218 Å². The van der Waals surface area contributed by atoms with Crippen molar-refractivity contribution < 1.29 is 14.3 Å². The van der Waals surface area contributed by atoms with Crippen molar-refractivity contribution in [3.63, 3.8) is 0 Å². The minimum atomic E-state index is -0.0255. The van der Waals surface area contributed by atoms with Crippen LogP contribution >= 0.6 is 0 Å². The number of carbonyl (C=O) groups excluding carboxylic acids is 1. The molecular formula is C30H34N4O3. The number of anilines is 1. The number of carbonyl (C=O) groups is 1. The fraction of sp³-hybridized carbons (Fsp3) is 0.333. The lowest BCUT2D eigenvalue weighted by Gasteiger charge is -2.32. The van der Waals surface area contributed by atoms with Gasteiger partial charge in [-0.1, -0.05) is 54.1 Å². The molecule has 0 radical (unpaired) electrons. The second-order valence-electron chi connectivity index (χ2n) is 9.61. The molecule has 7 nitrogen and oxygen atoms in total. The Hall–Kier alpha value is -4.00. The third-order valence-corrected chi connectivity index (χ3v) is 7.14. The lowest BCUT2D eigenvalue weighted by Crippen LogP contribution is -2.41. The van der Waals surface area contributed by atoms with Crippen molar-refractivity contribution in [3.8, 4) is 11.5 Å². The van der Waals surface area contributed by atoms with E-state index in [1.807, 2.05) is 24.3 Å². The fourth-order valence-corrected chi connectivity index (χ4v) is 5.21. The second-order valence-corrected chi connectivity index (χ2v) is 9.61. The average Bonchev–Trinajstić information content (AvgIpc) is 3.29. The van der Waals surface area contributed by atoms with E-state index in [-0.39, 0.29) is 11.8 Å². The first kappa shape index (κ1) is 24.7. The molecule has 2 heterocycles. The smallest absolute Gasteiger partial charge is 0.223 e. The highest BCUT2D eigenvalue weighted by Crippen LogP contribution is 2.31. The largest absolute Gasteiger partial charge is 0.493 e. The Morgan fingerprint density at radius 3 is 2.54 bits per heavy atom. The summed E-state index contributed by atoms with van der Waals surface area (Å²) in [7, 11) is 3.23. The molecule has 37 heavy (non-hydrogen) atoms. The second kappa shape index (κ2) is 10.9. The maximum Gasteiger partial charge on any atom is 0.223 e. The molecule has 1 saturated heterocycles. The molecule has 3 aromatic carbocycles. The monoisotopic (exact) mass is 498 g/mol. The number of hydrogen-bond donors (Lipinski definition) is 1. The molecule has 7 heteroatoms. The van der Waals surface area contributed by atoms with Gasteiger partial charge in [0.25, 0.3) is 0 Å². The highest BCUT2D eigenvalue weighted by Gasteiger charge is 2.28. The lowest BCUT2D eigenvalue weighted by molar-refractivity contribution is -0.125. The van der Waals surface area contributed by atoms with Crippen LogP contribution in [0.15, 0.2) is 66.7 Å². The Morgan fingerprint density at radius 1 is 1.00 bits per heavy atom. The van der Waals surface area contributed by atoms with Crippen molar-refractivity contribution in [3.05, 3.63) is 83.4 Å². The summed E-state index contributed by atoms with van der Waals surface area (Å²) in [5.74, 6) is 2.35. The molecule has 1 aromatic heterocycles. The summed E-state index contributed by atoms with van der Waals surface area (Å²) in [6, 6.07) is 22.6. The third-order valence-electron chi connectivity index (χ3n) is 7.14. The molecule has 192 valence electrons. The van der Waals surface area contributed by atoms with Crippen LogP contribution < -0.4 is 19.7 Å². The van der Waals surface area contributed by atoms with Gasteiger partial charge in [0.2, 0.25) is 11.9 Å². The normalized spacial score (nSPS) is 14.1. The highest BCUT2D eigenvalue weighted by atomic mass is 16.5. The average molecular weight is 499 g/mol. The maximum atomic E-state index is 13.0. The standard InChI is InChI=1S/C30H34N4O3/c1-21-8-6-9-22(18-21)20-34-26-12-5-4-11-25(26)32-30(34)33-16-14-23(15-17-33)29(35)31-19-24-10-7-13-27(36-2)28(24)37-3/h4-13,18,23H,14-17,19-20H2,1-3H3,(H,31,35). The number of imidazole rings is 1. The van der Waals surface area contributed by atoms with Crippen LogP contribution in [0, 0.1) is 12.8 Å². The van der Waals surface area contributed by atoms with Crippen molar-refractivity contribution in [1.82, 2.24) is 14.9 Å². The van der Waals surface area contributed by atoms with Gasteiger partial charge in [-0.05, 0) is 43.5 Å². The Balaban J connectivity index is 1.27. The Bertz CT molecular complexity index is 1390. The number of methoxy groups -OCH3 is 2. The lowest BCUT2D eigenvalue weighted by atomic mass is 9.96. The van der Waals surface area contributed by atoms with Crippen LogP contribution in [-0.2, 0) is 17.9 Å². The first-order valence-corrected chi connectivity index (χ1v) is 12.8. The van der Waals surface area contributed by atoms with Crippen LogP contribution in [0.2, 0.25) is 0 Å². The van der Waals surface area contributed by atoms with E-state index in [0.717, 1.165) is 55.0 Å². The molecule has 0 spiro atoms. The number of aryl methyl sites for hydroxylation is 1. The zero-order valence-corrected chi connectivity index (χ0v) is 21.7. The molecule has 0 saturated carbocycles. The first-order valence-electron chi connectivity index (χ1n) is 12.8. The molecule has 0 aliphatic carbocycles. The van der Waals surface area contributed by atoms with Crippen molar-refractivity contribution >= 4 is 22.9 Å². The van der Waals surface area contributed by atoms with Gasteiger partial charge in [-0.3, -0.25) is 4.79 Å². The first-order chi connectivity index (χ1) is 18.1. The van der Waals surface area contributed by atoms with Crippen molar-refractivity contribution in [2.75, 3.05) is 32.2 Å². The van der Waals surface area contributed by atoms with Gasteiger partial charge in [0.05, 0.1) is 31.8 Å². The summed E-state index contributed by atoms with van der Waals surface area (Å²) in [5.41, 5.74) is 5.54. The van der Waals surface area contributed by atoms with E-state index in [1.165, 1.54) is 11.1 Å². The summed E-state index contributed by atoms with van der Waals surface area (Å²) in [4.78, 5) is 20.3. The summed E-state index contributed by atoms with van der Waals surface area (Å²) >= 11 is 0. The van der Waals surface area contributed by atoms with Crippen LogP contribution in [-0.4, -0.2) is 42.8 Å². The molecule has 1 amide bonds. The third kappa shape index (κ3) is 5.26. The van der Waals surface area contributed by atoms with Gasteiger partial charge in [0, 0.05) is 31.1 Å². The Kier molecular flexibility index (Phi) is 7.30. The van der Waals surface area contributed by atoms with Gasteiger partial charge >= 0.3 is 0 Å². The van der Waals surface area contributed by atoms with E-state index in [9.17, 15) is 4.79 Å². The predicted octanol–water partition coefficient (Wildman–Crippen LogP) is 4.94. The number of ether oxygens (including phenoxy) is 2. The number of rotatable bonds is 8. The quantitative estimate of drug-likeness (QED) is 0.373. The SMILES string of the molecule is COc1cccc(CNC(=O)C2CCN(c3nc4ccccc4n3Cc3cccc(C)c3)CC2)c1OC. The van der Waals surface area contributed by atoms with Gasteiger partial charge in [0.15, 0.2) is 11.5 Å². The predicted molar refractivity (Wildman–Crippen MR) is 146 cm³/mol. The molecule has 1 fully saturated rings. The van der Waals surface area contributed by atoms with E-state index >= 15 is 0 Å². The number of nitrogens with zero attached hydrogens (tertiary/aromatic N) is 3. The number of para-hydroxylation sites is 3. The van der Waals surface area contributed by atoms with Gasteiger partial charge in [-0.15, -0.1) is 0 Å². The number of aromatic nitrogens is 2. The maximum absolute atomic E-state index is 13.0. The summed E-state index contributed by atoms with van der Waals surface area (Å²) in [6.07, 6.45) is 1.57. The number of piperidine rings is 1. The van der Waals surface area contributed by atoms with Crippen molar-refractivity contribution in [2.24, 2.45) is 5.92 Å². The van der Waals surface area contributed by atoms with Crippen LogP contribution in [0.1, 0.15) is 29.5 Å². The van der Waals surface area contributed by atoms with Gasteiger partial charge in [0.1, 0.15) is 0 Å². The Morgan fingerprint density at radius 2 is 1.78 bits per heavy atom. The molecule has 0 atom stereocenters. The number of fused-ring (bicyclic) bond motifs is 1. The number of benzene rings is 3. The molecule has 4 aromatic rings. The van der Waals surface area contributed by atoms with Gasteiger partial charge in [-0.25, -0.2) is 4.98 Å². The van der Waals surface area contributed by atoms with Crippen molar-refractivity contribution in [1.29, 1.82) is 0 Å². The van der Waals surface area contributed by atoms with E-state index in [4.69, 9.17) is 14.5 Å². The van der Waals surface area contributed by atoms with E-state index in [0.29, 0.717) is 18.0 Å². The molecular weight excluding hydrogens is 464 g/mol. The minimum absolute atomic E-state index is 0.0255. The van der Waals surface area contributed by atoms with Crippen LogP contribution in [0.4, 0.5) is 5.95 Å². The van der Waals surface area contributed by atoms with Crippen LogP contribution in [0.25, 0.3) is 11.0 Å². The molecule has 5 rings (SSSR count). The van der Waals surface area contributed by atoms with E-state index in [2.05, 4.69) is 64.2 Å². The summed E-state index contributed by atoms with van der Waals surface area (Å²) < 4.78 is 13.2. The number of nitrogens with one attached hydrogen (secondary N) is 1. The fourth-order valence-electron chi connectivity index (χ4n) is 5.21. The van der Waals surface area contributed by atoms with Crippen LogP contribution in [0.5, 0.6) is 11.5 Å². The molecule has 1 N–H and O–H groups in total. The molecule has 1 aliphatic heterocycles. The summed E-state index contributed by atoms with van der Waals surface area (Å²) in [5, 5.41) is 3.11. The van der Waals surface area contributed by atoms with E-state index < -0.39 is 0 Å². The zero-order chi connectivity index (χ0) is 25.8. The molecule has 1 aliphatic rings. The highest BCUT2D eigenvalue weighted by molar-refractivity contribution is 5.80. The molecule has 0 bridgehead atoms. The topological polar surface area (TPSA) is 68.6 Å². The molecule has 0 unspecified atom stereocenters. The zero-order valence-electron chi connectivity index (χ0n) is 21.7. The van der Waals surface area contributed by atoms with Gasteiger partial charge < -0.3 is 24.3 Å². The van der Waals surface area contributed by atoms with Gasteiger partial charge in [-0.2, -0.15) is 0 Å².